The van der Waals surface area contributed by atoms with Gasteiger partial charge in [-0.15, -0.1) is 0 Å². The van der Waals surface area contributed by atoms with Crippen LogP contribution in [0.15, 0.2) is 78.9 Å². The monoisotopic (exact) mass is 245 g/mol. The summed E-state index contributed by atoms with van der Waals surface area (Å²) in [5.41, 5.74) is 4.38. The van der Waals surface area contributed by atoms with Gasteiger partial charge in [-0.1, -0.05) is 60.7 Å². The predicted molar refractivity (Wildman–Crippen MR) is 77.4 cm³/mol. The lowest BCUT2D eigenvalue weighted by molar-refractivity contribution is 0.355. The minimum atomic E-state index is 0.0441. The molecule has 0 aromatic heterocycles. The Bertz CT molecular complexity index is 687. The Hall–Kier alpha value is -2.54. The summed E-state index contributed by atoms with van der Waals surface area (Å²) in [6.07, 6.45) is 0. The van der Waals surface area contributed by atoms with E-state index in [1.54, 1.807) is 18.2 Å². The van der Waals surface area contributed by atoms with Crippen molar-refractivity contribution in [2.24, 2.45) is 0 Å². The molecule has 3 rings (SSSR count). The van der Waals surface area contributed by atoms with Crippen LogP contribution in [0.2, 0.25) is 0 Å². The molecular formula is C18H13O. The highest BCUT2D eigenvalue weighted by molar-refractivity contribution is 5.73. The molecule has 19 heavy (non-hydrogen) atoms. The lowest BCUT2D eigenvalue weighted by atomic mass is 9.99. The molecule has 0 aliphatic heterocycles. The van der Waals surface area contributed by atoms with Gasteiger partial charge >= 0.3 is 0 Å². The van der Waals surface area contributed by atoms with E-state index in [2.05, 4.69) is 24.3 Å². The van der Waals surface area contributed by atoms with Crippen molar-refractivity contribution in [3.05, 3.63) is 78.9 Å². The second-order valence-electron chi connectivity index (χ2n) is 4.47. The van der Waals surface area contributed by atoms with E-state index >= 15 is 0 Å². The fourth-order valence-electron chi connectivity index (χ4n) is 2.18. The summed E-state index contributed by atoms with van der Waals surface area (Å²) in [5, 5.41) is 11.4. The van der Waals surface area contributed by atoms with Crippen molar-refractivity contribution < 1.29 is 5.11 Å². The normalized spacial score (nSPS) is 10.3. The first-order valence-corrected chi connectivity index (χ1v) is 6.26. The summed E-state index contributed by atoms with van der Waals surface area (Å²) < 4.78 is 0. The van der Waals surface area contributed by atoms with Crippen LogP contribution < -0.4 is 0 Å². The van der Waals surface area contributed by atoms with E-state index < -0.39 is 0 Å². The molecule has 1 nitrogen and oxygen atoms in total. The lowest BCUT2D eigenvalue weighted by Crippen LogP contribution is -1.80. The van der Waals surface area contributed by atoms with Crippen molar-refractivity contribution in [3.63, 3.8) is 0 Å². The quantitative estimate of drug-likeness (QED) is 0.594. The van der Waals surface area contributed by atoms with E-state index in [0.717, 1.165) is 16.7 Å². The molecule has 0 saturated carbocycles. The Morgan fingerprint density at radius 3 is 1.68 bits per heavy atom. The molecule has 0 spiro atoms. The largest absolute Gasteiger partial charge is 0.290 e. The first-order chi connectivity index (χ1) is 9.33. The molecule has 0 heterocycles. The van der Waals surface area contributed by atoms with Crippen LogP contribution in [0, 0.1) is 0 Å². The van der Waals surface area contributed by atoms with Gasteiger partial charge in [-0.25, -0.2) is 0 Å². The molecule has 0 fully saturated rings. The van der Waals surface area contributed by atoms with Gasteiger partial charge in [-0.3, -0.25) is 5.11 Å². The SMILES string of the molecule is [O]c1cccc(-c2cccc(-c3ccccc3)c2)c1. The van der Waals surface area contributed by atoms with E-state index in [1.807, 2.05) is 36.4 Å². The van der Waals surface area contributed by atoms with E-state index in [4.69, 9.17) is 0 Å². The van der Waals surface area contributed by atoms with E-state index in [1.165, 1.54) is 5.56 Å². The van der Waals surface area contributed by atoms with Gasteiger partial charge in [-0.05, 0) is 40.5 Å². The van der Waals surface area contributed by atoms with Crippen molar-refractivity contribution in [2.45, 2.75) is 0 Å². The zero-order valence-electron chi connectivity index (χ0n) is 10.4. The van der Waals surface area contributed by atoms with E-state index in [-0.39, 0.29) is 5.75 Å². The highest BCUT2D eigenvalue weighted by atomic mass is 16.3. The van der Waals surface area contributed by atoms with Crippen molar-refractivity contribution in [1.82, 2.24) is 0 Å². The zero-order chi connectivity index (χ0) is 13.1. The number of hydrogen-bond donors (Lipinski definition) is 0. The first kappa shape index (κ1) is 11.5. The molecule has 0 unspecified atom stereocenters. The molecule has 0 bridgehead atoms. The lowest BCUT2D eigenvalue weighted by Gasteiger charge is -2.06. The van der Waals surface area contributed by atoms with Gasteiger partial charge in [0.15, 0.2) is 5.75 Å². The molecule has 91 valence electrons. The summed E-state index contributed by atoms with van der Waals surface area (Å²) in [7, 11) is 0. The number of benzene rings is 3. The molecule has 0 aliphatic carbocycles. The molecule has 3 aromatic rings. The van der Waals surface area contributed by atoms with Gasteiger partial charge in [-0.2, -0.15) is 0 Å². The van der Waals surface area contributed by atoms with Crippen LogP contribution in [-0.4, -0.2) is 0 Å². The average molecular weight is 245 g/mol. The Morgan fingerprint density at radius 2 is 1.00 bits per heavy atom. The highest BCUT2D eigenvalue weighted by Crippen LogP contribution is 2.28. The molecule has 0 saturated heterocycles. The molecular weight excluding hydrogens is 232 g/mol. The third-order valence-corrected chi connectivity index (χ3v) is 3.14. The first-order valence-electron chi connectivity index (χ1n) is 6.26. The van der Waals surface area contributed by atoms with Gasteiger partial charge < -0.3 is 0 Å². The molecule has 0 atom stereocenters. The van der Waals surface area contributed by atoms with Crippen LogP contribution in [0.3, 0.4) is 0 Å². The maximum Gasteiger partial charge on any atom is 0.179 e. The van der Waals surface area contributed by atoms with Crippen LogP contribution in [-0.2, 0) is 5.11 Å². The minimum absolute atomic E-state index is 0.0441. The maximum absolute atomic E-state index is 11.4. The standard InChI is InChI=1S/C18H13O/c19-18-11-5-10-17(13-18)16-9-4-8-15(12-16)14-6-2-1-3-7-14/h1-13H. The Morgan fingerprint density at radius 1 is 0.474 bits per heavy atom. The second kappa shape index (κ2) is 4.99. The van der Waals surface area contributed by atoms with Crippen LogP contribution in [0.5, 0.6) is 5.75 Å². The Kier molecular flexibility index (Phi) is 3.03. The summed E-state index contributed by atoms with van der Waals surface area (Å²) in [6, 6.07) is 25.5. The fourth-order valence-corrected chi connectivity index (χ4v) is 2.18. The average Bonchev–Trinajstić information content (AvgIpc) is 2.48. The van der Waals surface area contributed by atoms with Gasteiger partial charge in [0.05, 0.1) is 0 Å². The maximum atomic E-state index is 11.4. The smallest absolute Gasteiger partial charge is 0.179 e. The third kappa shape index (κ3) is 2.50. The van der Waals surface area contributed by atoms with Crippen molar-refractivity contribution in [2.75, 3.05) is 0 Å². The van der Waals surface area contributed by atoms with Crippen molar-refractivity contribution >= 4 is 0 Å². The van der Waals surface area contributed by atoms with Crippen molar-refractivity contribution in [3.8, 4) is 28.0 Å². The second-order valence-corrected chi connectivity index (χ2v) is 4.47. The van der Waals surface area contributed by atoms with Gasteiger partial charge in [0.1, 0.15) is 0 Å². The molecule has 3 aromatic carbocycles. The molecule has 0 N–H and O–H groups in total. The summed E-state index contributed by atoms with van der Waals surface area (Å²) in [5.74, 6) is 0.0441. The Balaban J connectivity index is 2.06. The van der Waals surface area contributed by atoms with E-state index in [0.29, 0.717) is 0 Å². The van der Waals surface area contributed by atoms with Crippen LogP contribution in [0.1, 0.15) is 0 Å². The summed E-state index contributed by atoms with van der Waals surface area (Å²) >= 11 is 0. The molecule has 1 radical (unpaired) electrons. The summed E-state index contributed by atoms with van der Waals surface area (Å²) in [6.45, 7) is 0. The zero-order valence-corrected chi connectivity index (χ0v) is 10.4. The van der Waals surface area contributed by atoms with Crippen LogP contribution >= 0.6 is 0 Å². The van der Waals surface area contributed by atoms with Gasteiger partial charge in [0.2, 0.25) is 0 Å². The van der Waals surface area contributed by atoms with Gasteiger partial charge in [0, 0.05) is 0 Å². The highest BCUT2D eigenvalue weighted by Gasteiger charge is 2.02. The van der Waals surface area contributed by atoms with Crippen LogP contribution in [0.25, 0.3) is 22.3 Å². The molecule has 0 amide bonds. The summed E-state index contributed by atoms with van der Waals surface area (Å²) in [4.78, 5) is 0. The third-order valence-electron chi connectivity index (χ3n) is 3.14. The van der Waals surface area contributed by atoms with Crippen molar-refractivity contribution in [1.29, 1.82) is 0 Å². The molecule has 0 aliphatic rings. The Labute approximate surface area is 112 Å². The number of hydrogen-bond acceptors (Lipinski definition) is 0. The predicted octanol–water partition coefficient (Wildman–Crippen LogP) is 5.16. The van der Waals surface area contributed by atoms with Gasteiger partial charge in [0.25, 0.3) is 0 Å². The van der Waals surface area contributed by atoms with E-state index in [9.17, 15) is 5.11 Å². The topological polar surface area (TPSA) is 19.9 Å². The van der Waals surface area contributed by atoms with Crippen LogP contribution in [0.4, 0.5) is 0 Å². The molecule has 1 heteroatoms. The minimum Gasteiger partial charge on any atom is -0.290 e. The fraction of sp³-hybridized carbons (Fsp3) is 0. The number of rotatable bonds is 2.